The highest BCUT2D eigenvalue weighted by molar-refractivity contribution is 6.26. The molecule has 1 atom stereocenters. The summed E-state index contributed by atoms with van der Waals surface area (Å²) in [6.45, 7) is 8.61. The Bertz CT molecular complexity index is 3820. The van der Waals surface area contributed by atoms with E-state index in [0.29, 0.717) is 5.84 Å². The number of aromatic nitrogens is 2. The molecule has 0 bridgehead atoms. The Morgan fingerprint density at radius 1 is 0.500 bits per heavy atom. The van der Waals surface area contributed by atoms with Gasteiger partial charge < -0.3 is 14.5 Å². The van der Waals surface area contributed by atoms with Gasteiger partial charge in [-0.1, -0.05) is 207 Å². The normalized spacial score (nSPS) is 13.9. The molecule has 0 spiro atoms. The van der Waals surface area contributed by atoms with Crippen LogP contribution in [0.1, 0.15) is 28.4 Å². The molecule has 11 aromatic rings. The third-order valence-electron chi connectivity index (χ3n) is 13.1. The highest BCUT2D eigenvalue weighted by Gasteiger charge is 2.28. The van der Waals surface area contributed by atoms with Gasteiger partial charge >= 0.3 is 0 Å². The zero-order chi connectivity index (χ0) is 45.6. The lowest BCUT2D eigenvalue weighted by Crippen LogP contribution is -2.33. The minimum atomic E-state index is -0.383. The fourth-order valence-electron chi connectivity index (χ4n) is 10.0. The SMILES string of the molecule is C=C/C=C(\C=C)c1cc(C2=NC(c3ccc(-c4ccccc4)cc3)=NC(c3ccccc3)N2)cc(-c2ccccc2)c1-n1c2ccccc2c2ccc3c(c4ccccc4n3-c3ccccc3)c21. The van der Waals surface area contributed by atoms with Crippen molar-refractivity contribution in [3.63, 3.8) is 0 Å². The van der Waals surface area contributed by atoms with E-state index in [0.717, 1.165) is 89.4 Å². The van der Waals surface area contributed by atoms with Gasteiger partial charge in [-0.15, -0.1) is 0 Å². The average molecular weight is 872 g/mol. The number of nitrogens with one attached hydrogen (secondary N) is 1. The van der Waals surface area contributed by atoms with E-state index in [9.17, 15) is 0 Å². The van der Waals surface area contributed by atoms with Gasteiger partial charge in [-0.25, -0.2) is 9.98 Å². The van der Waals surface area contributed by atoms with E-state index in [-0.39, 0.29) is 6.17 Å². The van der Waals surface area contributed by atoms with Crippen molar-refractivity contribution in [2.45, 2.75) is 6.17 Å². The number of aliphatic imine (C=N–C) groups is 2. The van der Waals surface area contributed by atoms with Crippen molar-refractivity contribution in [3.8, 4) is 33.6 Å². The summed E-state index contributed by atoms with van der Waals surface area (Å²) in [6.07, 6.45) is 5.46. The lowest BCUT2D eigenvalue weighted by Gasteiger charge is -2.26. The number of hydrogen-bond donors (Lipinski definition) is 1. The van der Waals surface area contributed by atoms with Crippen LogP contribution in [-0.2, 0) is 0 Å². The van der Waals surface area contributed by atoms with Crippen LogP contribution in [0.2, 0.25) is 0 Å². The molecule has 2 aromatic heterocycles. The maximum atomic E-state index is 5.39. The minimum absolute atomic E-state index is 0.383. The van der Waals surface area contributed by atoms with Gasteiger partial charge in [0, 0.05) is 49.5 Å². The predicted octanol–water partition coefficient (Wildman–Crippen LogP) is 15.5. The number of para-hydroxylation sites is 3. The van der Waals surface area contributed by atoms with Crippen LogP contribution in [0.15, 0.2) is 260 Å². The fourth-order valence-corrected chi connectivity index (χ4v) is 10.0. The van der Waals surface area contributed by atoms with Gasteiger partial charge in [0.05, 0.1) is 27.8 Å². The van der Waals surface area contributed by atoms with Gasteiger partial charge in [0.1, 0.15) is 12.0 Å². The molecule has 322 valence electrons. The Kier molecular flexibility index (Phi) is 10.1. The Balaban J connectivity index is 1.16. The molecule has 0 saturated heterocycles. The van der Waals surface area contributed by atoms with Crippen molar-refractivity contribution in [2.24, 2.45) is 9.98 Å². The van der Waals surface area contributed by atoms with Gasteiger partial charge in [-0.2, -0.15) is 0 Å². The highest BCUT2D eigenvalue weighted by atomic mass is 15.2. The molecule has 0 amide bonds. The predicted molar refractivity (Wildman–Crippen MR) is 286 cm³/mol. The molecule has 0 radical (unpaired) electrons. The van der Waals surface area contributed by atoms with Crippen molar-refractivity contribution >= 4 is 60.9 Å². The van der Waals surface area contributed by atoms with Crippen LogP contribution in [0.25, 0.3) is 82.8 Å². The number of fused-ring (bicyclic) bond motifs is 7. The van der Waals surface area contributed by atoms with Crippen molar-refractivity contribution < 1.29 is 0 Å². The molecule has 9 aromatic carbocycles. The molecule has 5 heteroatoms. The van der Waals surface area contributed by atoms with Crippen LogP contribution in [0.3, 0.4) is 0 Å². The molecule has 1 N–H and O–H groups in total. The van der Waals surface area contributed by atoms with E-state index < -0.39 is 0 Å². The number of rotatable bonds is 10. The summed E-state index contributed by atoms with van der Waals surface area (Å²) in [5.41, 5.74) is 15.9. The first-order valence-electron chi connectivity index (χ1n) is 23.0. The van der Waals surface area contributed by atoms with Crippen molar-refractivity contribution in [1.29, 1.82) is 0 Å². The average Bonchev–Trinajstić information content (AvgIpc) is 3.93. The van der Waals surface area contributed by atoms with Crippen LogP contribution in [-0.4, -0.2) is 20.8 Å². The Morgan fingerprint density at radius 3 is 1.78 bits per heavy atom. The lowest BCUT2D eigenvalue weighted by atomic mass is 9.91. The first-order chi connectivity index (χ1) is 33.7. The molecule has 0 fully saturated rings. The van der Waals surface area contributed by atoms with Crippen molar-refractivity contribution in [1.82, 2.24) is 14.5 Å². The van der Waals surface area contributed by atoms with Gasteiger partial charge in [0.15, 0.2) is 5.84 Å². The van der Waals surface area contributed by atoms with Crippen molar-refractivity contribution in [2.75, 3.05) is 0 Å². The van der Waals surface area contributed by atoms with E-state index in [1.54, 1.807) is 0 Å². The summed E-state index contributed by atoms with van der Waals surface area (Å²) < 4.78 is 4.89. The summed E-state index contributed by atoms with van der Waals surface area (Å²) in [4.78, 5) is 10.6. The van der Waals surface area contributed by atoms with Crippen molar-refractivity contribution in [3.05, 3.63) is 272 Å². The number of amidine groups is 2. The zero-order valence-corrected chi connectivity index (χ0v) is 37.3. The molecule has 5 nitrogen and oxygen atoms in total. The summed E-state index contributed by atoms with van der Waals surface area (Å²) in [5.74, 6) is 1.38. The fraction of sp³-hybridized carbons (Fsp3) is 0.0159. The van der Waals surface area contributed by atoms with E-state index >= 15 is 0 Å². The molecular formula is C63H45N5. The van der Waals surface area contributed by atoms with Gasteiger partial charge in [-0.05, 0) is 70.3 Å². The molecular weight excluding hydrogens is 827 g/mol. The van der Waals surface area contributed by atoms with E-state index in [2.05, 4.69) is 240 Å². The molecule has 0 aliphatic carbocycles. The Labute approximate surface area is 395 Å². The van der Waals surface area contributed by atoms with Crippen LogP contribution in [0.4, 0.5) is 0 Å². The minimum Gasteiger partial charge on any atom is -0.344 e. The molecule has 1 aliphatic rings. The standard InChI is InChI=1S/C63H45N5/c1-3-21-42(4-2)53-40-48(63-65-61(46-26-13-7-14-27-46)64-62(66-63)47-36-34-44(35-37-47)43-22-9-5-10-23-43)41-54(45-24-11-6-12-25-45)59(53)68-55-32-19-17-30-50(55)51-38-39-57-58(60(51)68)52-31-18-20-33-56(52)67(57)49-28-15-8-16-29-49/h3-41,61H,1-2H2,(H,64,65,66)/b42-21+. The molecule has 68 heavy (non-hydrogen) atoms. The van der Waals surface area contributed by atoms with E-state index in [1.165, 1.54) is 21.5 Å². The molecule has 3 heterocycles. The number of allylic oxidation sites excluding steroid dienone is 4. The monoisotopic (exact) mass is 871 g/mol. The molecule has 1 aliphatic heterocycles. The molecule has 12 rings (SSSR count). The van der Waals surface area contributed by atoms with Gasteiger partial charge in [0.2, 0.25) is 0 Å². The second-order valence-corrected chi connectivity index (χ2v) is 17.1. The topological polar surface area (TPSA) is 46.6 Å². The number of nitrogens with zero attached hydrogens (tertiary/aromatic N) is 4. The summed E-state index contributed by atoms with van der Waals surface area (Å²) in [5, 5.41) is 8.50. The molecule has 0 saturated carbocycles. The van der Waals surface area contributed by atoms with Gasteiger partial charge in [-0.3, -0.25) is 0 Å². The maximum absolute atomic E-state index is 5.39. The van der Waals surface area contributed by atoms with E-state index in [4.69, 9.17) is 9.98 Å². The van der Waals surface area contributed by atoms with Crippen LogP contribution < -0.4 is 5.32 Å². The summed E-state index contributed by atoms with van der Waals surface area (Å²) >= 11 is 0. The second-order valence-electron chi connectivity index (χ2n) is 17.1. The Morgan fingerprint density at radius 2 is 1.09 bits per heavy atom. The third kappa shape index (κ3) is 6.88. The zero-order valence-electron chi connectivity index (χ0n) is 37.3. The first kappa shape index (κ1) is 40.4. The second kappa shape index (κ2) is 17.1. The first-order valence-corrected chi connectivity index (χ1v) is 23.0. The summed E-state index contributed by atoms with van der Waals surface area (Å²) in [7, 11) is 0. The highest BCUT2D eigenvalue weighted by Crippen LogP contribution is 2.46. The smallest absolute Gasteiger partial charge is 0.159 e. The van der Waals surface area contributed by atoms with Crippen LogP contribution >= 0.6 is 0 Å². The van der Waals surface area contributed by atoms with Gasteiger partial charge in [0.25, 0.3) is 0 Å². The largest absolute Gasteiger partial charge is 0.344 e. The maximum Gasteiger partial charge on any atom is 0.159 e. The lowest BCUT2D eigenvalue weighted by molar-refractivity contribution is 0.674. The quantitative estimate of drug-likeness (QED) is 0.137. The van der Waals surface area contributed by atoms with E-state index in [1.807, 2.05) is 24.3 Å². The Hall–Kier alpha value is -9.06. The van der Waals surface area contributed by atoms with Crippen LogP contribution in [0, 0.1) is 0 Å². The number of benzene rings is 9. The summed E-state index contributed by atoms with van der Waals surface area (Å²) in [6, 6.07) is 77.5. The number of hydrogen-bond acceptors (Lipinski definition) is 3. The van der Waals surface area contributed by atoms with Crippen LogP contribution in [0.5, 0.6) is 0 Å². The molecule has 1 unspecified atom stereocenters. The third-order valence-corrected chi connectivity index (χ3v) is 13.1.